The molecule has 6 nitrogen and oxygen atoms in total. The summed E-state index contributed by atoms with van der Waals surface area (Å²) in [5.41, 5.74) is 1.29. The summed E-state index contributed by atoms with van der Waals surface area (Å²) in [6, 6.07) is 15.6. The zero-order valence-corrected chi connectivity index (χ0v) is 15.8. The van der Waals surface area contributed by atoms with Crippen LogP contribution in [0.2, 0.25) is 0 Å². The van der Waals surface area contributed by atoms with Gasteiger partial charge in [-0.1, -0.05) is 6.07 Å². The molecule has 0 bridgehead atoms. The van der Waals surface area contributed by atoms with E-state index in [9.17, 15) is 17.6 Å². The monoisotopic (exact) mass is 399 g/mol. The minimum absolute atomic E-state index is 0.00819. The van der Waals surface area contributed by atoms with E-state index in [2.05, 4.69) is 15.0 Å². The number of hydrogen-bond donors (Lipinski definition) is 2. The lowest BCUT2D eigenvalue weighted by Gasteiger charge is -2.13. The molecule has 0 radical (unpaired) electrons. The number of sulfonamides is 1. The van der Waals surface area contributed by atoms with Crippen molar-refractivity contribution in [3.8, 4) is 0 Å². The molecule has 3 aromatic rings. The quantitative estimate of drug-likeness (QED) is 0.664. The van der Waals surface area contributed by atoms with Gasteiger partial charge in [0.15, 0.2) is 0 Å². The lowest BCUT2D eigenvalue weighted by atomic mass is 10.1. The van der Waals surface area contributed by atoms with Gasteiger partial charge in [-0.3, -0.25) is 14.5 Å². The predicted octanol–water partition coefficient (Wildman–Crippen LogP) is 3.51. The molecular weight excluding hydrogens is 381 g/mol. The van der Waals surface area contributed by atoms with Crippen molar-refractivity contribution in [2.24, 2.45) is 0 Å². The Kier molecular flexibility index (Phi) is 5.70. The Morgan fingerprint density at radius 2 is 1.68 bits per heavy atom. The molecule has 3 rings (SSSR count). The number of aromatic nitrogens is 1. The summed E-state index contributed by atoms with van der Waals surface area (Å²) >= 11 is 0. The van der Waals surface area contributed by atoms with Crippen molar-refractivity contribution in [3.05, 3.63) is 90.0 Å². The Bertz CT molecular complexity index is 1050. The molecule has 0 saturated heterocycles. The Morgan fingerprint density at radius 3 is 2.29 bits per heavy atom. The molecule has 1 amide bonds. The van der Waals surface area contributed by atoms with Crippen LogP contribution in [0.15, 0.2) is 77.8 Å². The second-order valence-corrected chi connectivity index (χ2v) is 7.77. The van der Waals surface area contributed by atoms with Gasteiger partial charge in [0.1, 0.15) is 5.82 Å². The largest absolute Gasteiger partial charge is 0.344 e. The van der Waals surface area contributed by atoms with Crippen LogP contribution in [-0.2, 0) is 10.0 Å². The molecule has 0 unspecified atom stereocenters. The summed E-state index contributed by atoms with van der Waals surface area (Å²) in [4.78, 5) is 16.6. The van der Waals surface area contributed by atoms with Crippen LogP contribution in [-0.4, -0.2) is 19.3 Å². The first kappa shape index (κ1) is 19.5. The van der Waals surface area contributed by atoms with E-state index in [-0.39, 0.29) is 22.5 Å². The van der Waals surface area contributed by atoms with E-state index in [0.29, 0.717) is 5.56 Å². The van der Waals surface area contributed by atoms with Crippen LogP contribution in [0.3, 0.4) is 0 Å². The van der Waals surface area contributed by atoms with Crippen molar-refractivity contribution in [2.45, 2.75) is 17.9 Å². The summed E-state index contributed by atoms with van der Waals surface area (Å²) in [7, 11) is -3.85. The number of amides is 1. The molecule has 0 spiro atoms. The second kappa shape index (κ2) is 8.18. The molecular formula is C20H18FN3O3S. The first-order valence-electron chi connectivity index (χ1n) is 8.45. The maximum absolute atomic E-state index is 12.9. The third-order valence-electron chi connectivity index (χ3n) is 4.00. The molecule has 0 saturated carbocycles. The van der Waals surface area contributed by atoms with Gasteiger partial charge >= 0.3 is 0 Å². The van der Waals surface area contributed by atoms with Gasteiger partial charge in [0.2, 0.25) is 0 Å². The van der Waals surface area contributed by atoms with Crippen LogP contribution in [0.25, 0.3) is 0 Å². The molecule has 0 aliphatic carbocycles. The zero-order valence-electron chi connectivity index (χ0n) is 15.0. The summed E-state index contributed by atoms with van der Waals surface area (Å²) < 4.78 is 40.1. The van der Waals surface area contributed by atoms with Crippen LogP contribution >= 0.6 is 0 Å². The molecule has 1 atom stereocenters. The lowest BCUT2D eigenvalue weighted by molar-refractivity contribution is 0.0939. The molecule has 1 aromatic heterocycles. The van der Waals surface area contributed by atoms with Crippen LogP contribution in [0.4, 0.5) is 10.1 Å². The Morgan fingerprint density at radius 1 is 1.00 bits per heavy atom. The van der Waals surface area contributed by atoms with Gasteiger partial charge in [-0.25, -0.2) is 12.8 Å². The maximum atomic E-state index is 12.9. The number of benzene rings is 2. The van der Waals surface area contributed by atoms with Crippen molar-refractivity contribution in [2.75, 3.05) is 4.72 Å². The van der Waals surface area contributed by atoms with Crippen molar-refractivity contribution in [1.82, 2.24) is 10.3 Å². The highest BCUT2D eigenvalue weighted by molar-refractivity contribution is 7.92. The molecule has 0 aliphatic rings. The predicted molar refractivity (Wildman–Crippen MR) is 104 cm³/mol. The maximum Gasteiger partial charge on any atom is 0.261 e. The normalized spacial score (nSPS) is 12.2. The van der Waals surface area contributed by atoms with E-state index < -0.39 is 15.8 Å². The van der Waals surface area contributed by atoms with Crippen LogP contribution in [0.5, 0.6) is 0 Å². The lowest BCUT2D eigenvalue weighted by Crippen LogP contribution is -2.27. The summed E-state index contributed by atoms with van der Waals surface area (Å²) in [5.74, 6) is -0.799. The molecule has 8 heteroatoms. The molecule has 2 N–H and O–H groups in total. The number of halogens is 1. The van der Waals surface area contributed by atoms with Gasteiger partial charge in [-0.05, 0) is 67.6 Å². The fourth-order valence-electron chi connectivity index (χ4n) is 2.50. The number of carbonyl (C=O) groups is 1. The standard InChI is InChI=1S/C20H18FN3O3S/c1-14(19-4-2-3-13-22-19)23-20(25)15-5-11-18(12-6-15)28(26,27)24-17-9-7-16(21)8-10-17/h2-14,24H,1H3,(H,23,25)/t14-/m1/s1. The van der Waals surface area contributed by atoms with E-state index in [1.807, 2.05) is 19.1 Å². The molecule has 2 aromatic carbocycles. The van der Waals surface area contributed by atoms with Gasteiger partial charge in [0, 0.05) is 17.4 Å². The molecule has 0 fully saturated rings. The Hall–Kier alpha value is -3.26. The number of anilines is 1. The highest BCUT2D eigenvalue weighted by Gasteiger charge is 2.16. The van der Waals surface area contributed by atoms with Crippen molar-refractivity contribution >= 4 is 21.6 Å². The molecule has 28 heavy (non-hydrogen) atoms. The van der Waals surface area contributed by atoms with Crippen molar-refractivity contribution in [1.29, 1.82) is 0 Å². The SMILES string of the molecule is C[C@@H](NC(=O)c1ccc(S(=O)(=O)Nc2ccc(F)cc2)cc1)c1ccccn1. The van der Waals surface area contributed by atoms with Crippen LogP contribution < -0.4 is 10.0 Å². The topological polar surface area (TPSA) is 88.2 Å². The van der Waals surface area contributed by atoms with Crippen molar-refractivity contribution in [3.63, 3.8) is 0 Å². The minimum Gasteiger partial charge on any atom is -0.344 e. The second-order valence-electron chi connectivity index (χ2n) is 6.09. The molecule has 144 valence electrons. The van der Waals surface area contributed by atoms with Crippen LogP contribution in [0, 0.1) is 5.82 Å². The fourth-order valence-corrected chi connectivity index (χ4v) is 3.56. The smallest absolute Gasteiger partial charge is 0.261 e. The number of hydrogen-bond acceptors (Lipinski definition) is 4. The fraction of sp³-hybridized carbons (Fsp3) is 0.100. The number of rotatable bonds is 6. The highest BCUT2D eigenvalue weighted by Crippen LogP contribution is 2.17. The first-order chi connectivity index (χ1) is 13.3. The first-order valence-corrected chi connectivity index (χ1v) is 9.94. The molecule has 1 heterocycles. The third kappa shape index (κ3) is 4.72. The van der Waals surface area contributed by atoms with E-state index >= 15 is 0 Å². The number of pyridine rings is 1. The third-order valence-corrected chi connectivity index (χ3v) is 5.40. The summed E-state index contributed by atoms with van der Waals surface area (Å²) in [6.07, 6.45) is 1.64. The van der Waals surface area contributed by atoms with E-state index in [1.165, 1.54) is 36.4 Å². The average molecular weight is 399 g/mol. The van der Waals surface area contributed by atoms with Gasteiger partial charge in [-0.2, -0.15) is 0 Å². The van der Waals surface area contributed by atoms with Gasteiger partial charge < -0.3 is 5.32 Å². The van der Waals surface area contributed by atoms with Crippen molar-refractivity contribution < 1.29 is 17.6 Å². The van der Waals surface area contributed by atoms with Gasteiger partial charge in [0.05, 0.1) is 16.6 Å². The van der Waals surface area contributed by atoms with E-state index in [0.717, 1.165) is 17.8 Å². The van der Waals surface area contributed by atoms with Crippen LogP contribution in [0.1, 0.15) is 29.0 Å². The van der Waals surface area contributed by atoms with E-state index in [1.54, 1.807) is 12.3 Å². The van der Waals surface area contributed by atoms with Gasteiger partial charge in [-0.15, -0.1) is 0 Å². The summed E-state index contributed by atoms with van der Waals surface area (Å²) in [6.45, 7) is 1.81. The zero-order chi connectivity index (χ0) is 20.1. The number of nitrogens with zero attached hydrogens (tertiary/aromatic N) is 1. The highest BCUT2D eigenvalue weighted by atomic mass is 32.2. The van der Waals surface area contributed by atoms with Gasteiger partial charge in [0.25, 0.3) is 15.9 Å². The Balaban J connectivity index is 1.70. The summed E-state index contributed by atoms with van der Waals surface area (Å²) in [5, 5.41) is 2.81. The number of nitrogens with one attached hydrogen (secondary N) is 2. The Labute approximate surface area is 162 Å². The van der Waals surface area contributed by atoms with E-state index in [4.69, 9.17) is 0 Å². The average Bonchev–Trinajstić information content (AvgIpc) is 2.70. The number of carbonyl (C=O) groups excluding carboxylic acids is 1. The minimum atomic E-state index is -3.85. The molecule has 0 aliphatic heterocycles.